The molecule has 1 heterocycles. The Morgan fingerprint density at radius 2 is 2.00 bits per heavy atom. The zero-order valence-electron chi connectivity index (χ0n) is 9.83. The third-order valence-corrected chi connectivity index (χ3v) is 3.15. The molecule has 0 aromatic heterocycles. The van der Waals surface area contributed by atoms with E-state index in [1.807, 2.05) is 0 Å². The van der Waals surface area contributed by atoms with Gasteiger partial charge < -0.3 is 4.74 Å². The minimum atomic E-state index is -0.0216. The van der Waals surface area contributed by atoms with Gasteiger partial charge in [-0.15, -0.1) is 0 Å². The number of ether oxygens (including phenoxy) is 1. The molecular weight excluding hydrogens is 186 g/mol. The molecule has 1 saturated carbocycles. The highest BCUT2D eigenvalue weighted by atomic mass is 16.5. The Morgan fingerprint density at radius 1 is 1.27 bits per heavy atom. The van der Waals surface area contributed by atoms with Gasteiger partial charge >= 0.3 is 0 Å². The van der Waals surface area contributed by atoms with Crippen LogP contribution in [-0.2, 0) is 4.74 Å². The lowest BCUT2D eigenvalue weighted by Crippen LogP contribution is -2.17. The number of hydrogen-bond acceptors (Lipinski definition) is 2. The van der Waals surface area contributed by atoms with Gasteiger partial charge in [-0.05, 0) is 38.7 Å². The SMILES string of the molecule is CC1(C)COC(/C=C/C2CCCCC2)=N1. The fraction of sp³-hybridized carbons (Fsp3) is 0.769. The molecule has 15 heavy (non-hydrogen) atoms. The summed E-state index contributed by atoms with van der Waals surface area (Å²) in [6, 6.07) is 0. The fourth-order valence-electron chi connectivity index (χ4n) is 2.24. The van der Waals surface area contributed by atoms with Crippen LogP contribution in [0, 0.1) is 5.92 Å². The average molecular weight is 207 g/mol. The molecule has 0 spiro atoms. The first-order chi connectivity index (χ1) is 7.16. The third kappa shape index (κ3) is 3.08. The predicted molar refractivity (Wildman–Crippen MR) is 63.2 cm³/mol. The quantitative estimate of drug-likeness (QED) is 0.680. The molecule has 1 aliphatic carbocycles. The number of nitrogens with zero attached hydrogens (tertiary/aromatic N) is 1. The summed E-state index contributed by atoms with van der Waals surface area (Å²) in [5.74, 6) is 1.58. The smallest absolute Gasteiger partial charge is 0.208 e. The molecule has 0 aromatic carbocycles. The summed E-state index contributed by atoms with van der Waals surface area (Å²) >= 11 is 0. The first kappa shape index (κ1) is 10.7. The van der Waals surface area contributed by atoms with Gasteiger partial charge in [0.2, 0.25) is 5.90 Å². The van der Waals surface area contributed by atoms with Gasteiger partial charge in [-0.25, -0.2) is 4.99 Å². The van der Waals surface area contributed by atoms with Gasteiger partial charge in [-0.3, -0.25) is 0 Å². The highest BCUT2D eigenvalue weighted by molar-refractivity contribution is 5.89. The Hall–Kier alpha value is -0.790. The number of hydrogen-bond donors (Lipinski definition) is 0. The topological polar surface area (TPSA) is 21.6 Å². The van der Waals surface area contributed by atoms with Crippen LogP contribution < -0.4 is 0 Å². The van der Waals surface area contributed by atoms with Crippen LogP contribution in [0.25, 0.3) is 0 Å². The lowest BCUT2D eigenvalue weighted by Gasteiger charge is -2.17. The first-order valence-corrected chi connectivity index (χ1v) is 6.07. The zero-order valence-corrected chi connectivity index (χ0v) is 9.83. The van der Waals surface area contributed by atoms with Crippen molar-refractivity contribution >= 4 is 5.90 Å². The number of allylic oxidation sites excluding steroid dienone is 1. The fourth-order valence-corrected chi connectivity index (χ4v) is 2.24. The second-order valence-corrected chi connectivity index (χ2v) is 5.31. The molecule has 0 unspecified atom stereocenters. The molecule has 0 saturated heterocycles. The van der Waals surface area contributed by atoms with Gasteiger partial charge in [0.1, 0.15) is 6.61 Å². The van der Waals surface area contributed by atoms with Crippen molar-refractivity contribution in [2.75, 3.05) is 6.61 Å². The van der Waals surface area contributed by atoms with Crippen molar-refractivity contribution in [1.82, 2.24) is 0 Å². The van der Waals surface area contributed by atoms with E-state index in [4.69, 9.17) is 4.74 Å². The summed E-state index contributed by atoms with van der Waals surface area (Å²) in [7, 11) is 0. The van der Waals surface area contributed by atoms with Crippen molar-refractivity contribution in [3.8, 4) is 0 Å². The average Bonchev–Trinajstić information content (AvgIpc) is 2.57. The predicted octanol–water partition coefficient (Wildman–Crippen LogP) is 3.33. The summed E-state index contributed by atoms with van der Waals surface area (Å²) in [4.78, 5) is 4.51. The molecule has 2 aliphatic rings. The van der Waals surface area contributed by atoms with E-state index in [1.165, 1.54) is 32.1 Å². The normalized spacial score (nSPS) is 26.7. The molecule has 0 aromatic rings. The summed E-state index contributed by atoms with van der Waals surface area (Å²) < 4.78 is 5.52. The zero-order chi connectivity index (χ0) is 10.7. The Kier molecular flexibility index (Phi) is 3.13. The molecule has 0 amide bonds. The molecule has 0 N–H and O–H groups in total. The van der Waals surface area contributed by atoms with Crippen LogP contribution >= 0.6 is 0 Å². The third-order valence-electron chi connectivity index (χ3n) is 3.15. The highest BCUT2D eigenvalue weighted by Crippen LogP contribution is 2.25. The molecule has 84 valence electrons. The maximum atomic E-state index is 5.52. The molecular formula is C13H21NO. The van der Waals surface area contributed by atoms with Crippen LogP contribution in [0.3, 0.4) is 0 Å². The standard InChI is InChI=1S/C13H21NO/c1-13(2)10-15-12(14-13)9-8-11-6-4-3-5-7-11/h8-9,11H,3-7,10H2,1-2H3/b9-8+. The van der Waals surface area contributed by atoms with E-state index < -0.39 is 0 Å². The Bertz CT molecular complexity index is 272. The monoisotopic (exact) mass is 207 g/mol. The van der Waals surface area contributed by atoms with E-state index in [9.17, 15) is 0 Å². The van der Waals surface area contributed by atoms with Gasteiger partial charge in [0.15, 0.2) is 0 Å². The maximum Gasteiger partial charge on any atom is 0.208 e. The van der Waals surface area contributed by atoms with Crippen molar-refractivity contribution in [2.45, 2.75) is 51.5 Å². The van der Waals surface area contributed by atoms with Crippen molar-refractivity contribution in [3.63, 3.8) is 0 Å². The van der Waals surface area contributed by atoms with Crippen LogP contribution in [0.4, 0.5) is 0 Å². The van der Waals surface area contributed by atoms with Crippen molar-refractivity contribution in [2.24, 2.45) is 10.9 Å². The van der Waals surface area contributed by atoms with Gasteiger partial charge in [-0.1, -0.05) is 25.3 Å². The number of aliphatic imine (C=N–C) groups is 1. The van der Waals surface area contributed by atoms with Gasteiger partial charge in [-0.2, -0.15) is 0 Å². The van der Waals surface area contributed by atoms with E-state index in [2.05, 4.69) is 31.0 Å². The van der Waals surface area contributed by atoms with E-state index in [-0.39, 0.29) is 5.54 Å². The van der Waals surface area contributed by atoms with Crippen LogP contribution in [0.15, 0.2) is 17.1 Å². The summed E-state index contributed by atoms with van der Waals surface area (Å²) in [6.07, 6.45) is 11.2. The molecule has 2 heteroatoms. The lowest BCUT2D eigenvalue weighted by atomic mass is 9.89. The van der Waals surface area contributed by atoms with Crippen LogP contribution in [0.5, 0.6) is 0 Å². The molecule has 1 fully saturated rings. The van der Waals surface area contributed by atoms with Crippen LogP contribution in [0.1, 0.15) is 46.0 Å². The summed E-state index contributed by atoms with van der Waals surface area (Å²) in [5.41, 5.74) is -0.0216. The Morgan fingerprint density at radius 3 is 2.60 bits per heavy atom. The van der Waals surface area contributed by atoms with E-state index in [0.717, 1.165) is 18.4 Å². The van der Waals surface area contributed by atoms with Crippen LogP contribution in [-0.4, -0.2) is 18.0 Å². The van der Waals surface area contributed by atoms with Crippen LogP contribution in [0.2, 0.25) is 0 Å². The van der Waals surface area contributed by atoms with Crippen molar-refractivity contribution in [1.29, 1.82) is 0 Å². The molecule has 2 nitrogen and oxygen atoms in total. The minimum absolute atomic E-state index is 0.0216. The Balaban J connectivity index is 1.88. The molecule has 1 aliphatic heterocycles. The van der Waals surface area contributed by atoms with Crippen molar-refractivity contribution < 1.29 is 4.74 Å². The molecule has 0 radical (unpaired) electrons. The van der Waals surface area contributed by atoms with Gasteiger partial charge in [0.25, 0.3) is 0 Å². The maximum absolute atomic E-state index is 5.52. The summed E-state index contributed by atoms with van der Waals surface area (Å²) in [5, 5.41) is 0. The largest absolute Gasteiger partial charge is 0.475 e. The molecule has 0 atom stereocenters. The second-order valence-electron chi connectivity index (χ2n) is 5.31. The van der Waals surface area contributed by atoms with Gasteiger partial charge in [0, 0.05) is 0 Å². The van der Waals surface area contributed by atoms with Crippen molar-refractivity contribution in [3.05, 3.63) is 12.2 Å². The highest BCUT2D eigenvalue weighted by Gasteiger charge is 2.24. The second kappa shape index (κ2) is 4.38. The Labute approximate surface area is 92.4 Å². The van der Waals surface area contributed by atoms with E-state index >= 15 is 0 Å². The minimum Gasteiger partial charge on any atom is -0.475 e. The molecule has 0 bridgehead atoms. The van der Waals surface area contributed by atoms with E-state index in [1.54, 1.807) is 0 Å². The van der Waals surface area contributed by atoms with Gasteiger partial charge in [0.05, 0.1) is 5.54 Å². The number of rotatable bonds is 2. The first-order valence-electron chi connectivity index (χ1n) is 6.07. The lowest BCUT2D eigenvalue weighted by molar-refractivity contribution is 0.280. The molecule has 2 rings (SSSR count). The van der Waals surface area contributed by atoms with E-state index in [0.29, 0.717) is 0 Å². The summed E-state index contributed by atoms with van der Waals surface area (Å²) in [6.45, 7) is 4.93.